The van der Waals surface area contributed by atoms with Gasteiger partial charge in [0.25, 0.3) is 0 Å². The number of hydrogen-bond acceptors (Lipinski definition) is 10. The van der Waals surface area contributed by atoms with E-state index in [1.54, 1.807) is 9.80 Å². The summed E-state index contributed by atoms with van der Waals surface area (Å²) in [4.78, 5) is 77.0. The zero-order valence-electron chi connectivity index (χ0n) is 41.5. The summed E-state index contributed by atoms with van der Waals surface area (Å²) in [6, 6.07) is 12.4. The number of rotatable bonds is 12. The molecular formula is C53H66F2N10O6. The SMILES string of the molecule is COC(=O)NC(C(=O)N1CCC[C@H]1c1nc2cc([C@H]3CC[C@H](c4ccc5[nH]c([C@@H]6CCCN6C(=O)[C@@H](NC(=O)OC)C(C)C)nc5c4)N3c3cc(F)c(N4CCC5(CC4)CC5)c(F)c3)ccc2[nH]1)C(C)C. The van der Waals surface area contributed by atoms with Crippen LogP contribution in [-0.4, -0.2) is 106 Å². The van der Waals surface area contributed by atoms with E-state index in [1.807, 2.05) is 69.0 Å². The molecule has 1 spiro atoms. The van der Waals surface area contributed by atoms with Crippen LogP contribution in [0, 0.1) is 28.9 Å². The van der Waals surface area contributed by atoms with E-state index in [0.29, 0.717) is 85.6 Å². The third-order valence-electron chi connectivity index (χ3n) is 16.1. The number of carbonyl (C=O) groups excluding carboxylic acids is 4. The molecule has 1 unspecified atom stereocenters. The number of benzene rings is 3. The van der Waals surface area contributed by atoms with Crippen molar-refractivity contribution in [2.24, 2.45) is 17.3 Å². The van der Waals surface area contributed by atoms with E-state index in [9.17, 15) is 19.2 Å². The minimum Gasteiger partial charge on any atom is -0.453 e. The van der Waals surface area contributed by atoms with Gasteiger partial charge in [0, 0.05) is 31.9 Å². The van der Waals surface area contributed by atoms with Gasteiger partial charge in [0.05, 0.1) is 60.5 Å². The topological polar surface area (TPSA) is 181 Å². The zero-order valence-corrected chi connectivity index (χ0v) is 41.5. The Balaban J connectivity index is 0.965. The molecule has 4 saturated heterocycles. The largest absolute Gasteiger partial charge is 0.453 e. The van der Waals surface area contributed by atoms with Gasteiger partial charge in [0.1, 0.15) is 29.4 Å². The van der Waals surface area contributed by atoms with Crippen LogP contribution in [0.25, 0.3) is 22.1 Å². The van der Waals surface area contributed by atoms with Crippen molar-refractivity contribution in [3.8, 4) is 0 Å². The van der Waals surface area contributed by atoms with Gasteiger partial charge >= 0.3 is 12.2 Å². The third kappa shape index (κ3) is 9.22. The molecule has 0 radical (unpaired) electrons. The zero-order chi connectivity index (χ0) is 49.9. The summed E-state index contributed by atoms with van der Waals surface area (Å²) in [5.41, 5.74) is 5.73. The Labute approximate surface area is 412 Å². The summed E-state index contributed by atoms with van der Waals surface area (Å²) in [5, 5.41) is 5.43. The summed E-state index contributed by atoms with van der Waals surface area (Å²) >= 11 is 0. The lowest BCUT2D eigenvalue weighted by molar-refractivity contribution is -0.136. The number of ether oxygens (including phenoxy) is 2. The van der Waals surface area contributed by atoms with Crippen molar-refractivity contribution < 1.29 is 37.4 Å². The third-order valence-corrected chi connectivity index (χ3v) is 16.1. The first-order valence-electron chi connectivity index (χ1n) is 25.5. The summed E-state index contributed by atoms with van der Waals surface area (Å²) in [6.45, 7) is 9.86. The molecule has 1 saturated carbocycles. The van der Waals surface area contributed by atoms with E-state index in [0.717, 1.165) is 47.8 Å². The molecule has 5 aromatic rings. The predicted octanol–water partition coefficient (Wildman–Crippen LogP) is 9.27. The maximum Gasteiger partial charge on any atom is 0.407 e. The maximum absolute atomic E-state index is 16.6. The molecule has 3 aromatic carbocycles. The van der Waals surface area contributed by atoms with Crippen LogP contribution in [0.1, 0.15) is 139 Å². The number of methoxy groups -OCH3 is 2. The van der Waals surface area contributed by atoms with Gasteiger partial charge in [-0.05, 0) is 129 Å². The van der Waals surface area contributed by atoms with Gasteiger partial charge in [-0.15, -0.1) is 0 Å². The molecular weight excluding hydrogens is 911 g/mol. The number of halogens is 2. The minimum atomic E-state index is -0.760. The Bertz CT molecular complexity index is 2660. The van der Waals surface area contributed by atoms with Crippen molar-refractivity contribution in [3.63, 3.8) is 0 Å². The molecule has 16 nitrogen and oxygen atoms in total. The standard InChI is InChI=1S/C53H66F2N10O6/c1-29(2)44(60-51(68)70-5)49(66)63-21-7-9-42(63)47-56-36-13-11-31(25-38(36)58-47)40-15-16-41(65(40)33-27-34(54)46(35(55)28-33)62-23-19-53(17-18-53)20-24-62)32-12-14-37-39(26-32)59-48(57-37)43-10-8-22-64(43)50(67)45(30(3)4)61-52(69)71-6/h11-14,25-30,40-45H,7-10,15-24H2,1-6H3,(H,56,58)(H,57,59)(H,60,68)(H,61,69)/t40-,41-,42+,43+,44+,45?/m1/s1. The molecule has 5 aliphatic rings. The number of nitrogens with zero attached hydrogens (tertiary/aromatic N) is 6. The van der Waals surface area contributed by atoms with Crippen LogP contribution in [0.2, 0.25) is 0 Å². The number of anilines is 2. The molecule has 2 aromatic heterocycles. The van der Waals surface area contributed by atoms with Crippen molar-refractivity contribution in [1.29, 1.82) is 0 Å². The minimum absolute atomic E-state index is 0.0351. The number of hydrogen-bond donors (Lipinski definition) is 4. The van der Waals surface area contributed by atoms with Crippen LogP contribution < -0.4 is 20.4 Å². The number of aromatic nitrogens is 4. The number of imidazole rings is 2. The van der Waals surface area contributed by atoms with E-state index in [4.69, 9.17) is 19.4 Å². The average molecular weight is 977 g/mol. The number of nitrogens with one attached hydrogen (secondary N) is 4. The number of aromatic amines is 2. The average Bonchev–Trinajstić information content (AvgIpc) is 4.03. The van der Waals surface area contributed by atoms with E-state index >= 15 is 8.78 Å². The summed E-state index contributed by atoms with van der Waals surface area (Å²) in [7, 11) is 2.55. The Morgan fingerprint density at radius 1 is 0.634 bits per heavy atom. The number of H-pyrrole nitrogens is 2. The smallest absolute Gasteiger partial charge is 0.407 e. The fraction of sp³-hybridized carbons (Fsp3) is 0.547. The highest BCUT2D eigenvalue weighted by atomic mass is 19.1. The van der Waals surface area contributed by atoms with E-state index < -0.39 is 35.9 Å². The summed E-state index contributed by atoms with van der Waals surface area (Å²) in [6.07, 6.45) is 7.29. The molecule has 71 heavy (non-hydrogen) atoms. The van der Waals surface area contributed by atoms with Gasteiger partial charge in [-0.3, -0.25) is 9.59 Å². The first-order valence-corrected chi connectivity index (χ1v) is 25.5. The van der Waals surface area contributed by atoms with Gasteiger partial charge in [-0.25, -0.2) is 28.3 Å². The van der Waals surface area contributed by atoms with E-state index in [2.05, 4.69) is 25.5 Å². The molecule has 4 aliphatic heterocycles. The second kappa shape index (κ2) is 19.3. The predicted molar refractivity (Wildman–Crippen MR) is 265 cm³/mol. The highest BCUT2D eigenvalue weighted by Gasteiger charge is 2.46. The lowest BCUT2D eigenvalue weighted by Crippen LogP contribution is -2.51. The molecule has 4 amide bonds. The first kappa shape index (κ1) is 48.2. The van der Waals surface area contributed by atoms with Crippen molar-refractivity contribution in [1.82, 2.24) is 40.4 Å². The molecule has 18 heteroatoms. The lowest BCUT2D eigenvalue weighted by Gasteiger charge is -2.36. The molecule has 10 rings (SSSR count). The first-order chi connectivity index (χ1) is 34.1. The van der Waals surface area contributed by atoms with Gasteiger partial charge in [0.15, 0.2) is 11.6 Å². The fourth-order valence-corrected chi connectivity index (χ4v) is 11.9. The highest BCUT2D eigenvalue weighted by molar-refractivity contribution is 5.88. The normalized spacial score (nSPS) is 22.8. The Hall–Kier alpha value is -6.46. The number of likely N-dealkylation sites (tertiary alicyclic amines) is 2. The molecule has 5 fully saturated rings. The summed E-state index contributed by atoms with van der Waals surface area (Å²) < 4.78 is 42.9. The van der Waals surface area contributed by atoms with Crippen molar-refractivity contribution in [3.05, 3.63) is 82.9 Å². The number of piperidine rings is 1. The lowest BCUT2D eigenvalue weighted by atomic mass is 9.93. The number of amides is 4. The van der Waals surface area contributed by atoms with Gasteiger partial charge in [-0.2, -0.15) is 0 Å². The van der Waals surface area contributed by atoms with Gasteiger partial charge < -0.3 is 49.7 Å². The van der Waals surface area contributed by atoms with Crippen LogP contribution in [0.3, 0.4) is 0 Å². The Morgan fingerprint density at radius 3 is 1.49 bits per heavy atom. The Morgan fingerprint density at radius 2 is 1.08 bits per heavy atom. The molecule has 378 valence electrons. The van der Waals surface area contributed by atoms with E-state index in [1.165, 1.54) is 39.2 Å². The maximum atomic E-state index is 16.6. The van der Waals surface area contributed by atoms with Crippen LogP contribution in [-0.2, 0) is 19.1 Å². The summed E-state index contributed by atoms with van der Waals surface area (Å²) in [5.74, 6) is -0.563. The molecule has 4 N–H and O–H groups in total. The van der Waals surface area contributed by atoms with Crippen molar-refractivity contribution in [2.45, 2.75) is 128 Å². The molecule has 1 aliphatic carbocycles. The number of alkyl carbamates (subject to hydrolysis) is 2. The Kier molecular flexibility index (Phi) is 13.1. The monoisotopic (exact) mass is 977 g/mol. The number of carbonyl (C=O) groups is 4. The number of fused-ring (bicyclic) bond motifs is 2. The molecule has 0 bridgehead atoms. The quantitative estimate of drug-likeness (QED) is 0.0941. The molecule has 6 atom stereocenters. The second-order valence-electron chi connectivity index (χ2n) is 21.2. The van der Waals surface area contributed by atoms with Crippen LogP contribution in [0.5, 0.6) is 0 Å². The van der Waals surface area contributed by atoms with Crippen LogP contribution in [0.4, 0.5) is 29.7 Å². The van der Waals surface area contributed by atoms with Crippen LogP contribution >= 0.6 is 0 Å². The van der Waals surface area contributed by atoms with Gasteiger partial charge in [-0.1, -0.05) is 39.8 Å². The highest BCUT2D eigenvalue weighted by Crippen LogP contribution is 2.55. The second-order valence-corrected chi connectivity index (χ2v) is 21.2. The van der Waals surface area contributed by atoms with E-state index in [-0.39, 0.29) is 53.5 Å². The van der Waals surface area contributed by atoms with Gasteiger partial charge in [0.2, 0.25) is 11.8 Å². The molecule has 6 heterocycles. The van der Waals surface area contributed by atoms with Crippen LogP contribution in [0.15, 0.2) is 48.5 Å². The van der Waals surface area contributed by atoms with Crippen molar-refractivity contribution in [2.75, 3.05) is 50.2 Å². The fourth-order valence-electron chi connectivity index (χ4n) is 11.9. The van der Waals surface area contributed by atoms with Crippen molar-refractivity contribution >= 4 is 57.4 Å².